The summed E-state index contributed by atoms with van der Waals surface area (Å²) in [6.45, 7) is 1.80. The SMILES string of the molecule is CCCCCCCCCCCCCC(=O)N[C@H](CCC(=O)C[C@@H](COC[C@@H](N)C(=O)OC)C(=O)OC)C(=O)O. The Labute approximate surface area is 232 Å². The van der Waals surface area contributed by atoms with Crippen LogP contribution in [0.4, 0.5) is 0 Å². The Morgan fingerprint density at radius 2 is 1.31 bits per heavy atom. The molecule has 0 aliphatic carbocycles. The highest BCUT2D eigenvalue weighted by molar-refractivity contribution is 5.86. The minimum absolute atomic E-state index is 0.0971. The molecule has 0 saturated heterocycles. The number of aliphatic carboxylic acids is 1. The molecular formula is C28H50N2O9. The van der Waals surface area contributed by atoms with E-state index in [0.717, 1.165) is 19.3 Å². The zero-order valence-electron chi connectivity index (χ0n) is 24.0. The zero-order chi connectivity index (χ0) is 29.5. The fraction of sp³-hybridized carbons (Fsp3) is 0.821. The maximum Gasteiger partial charge on any atom is 0.326 e. The fourth-order valence-corrected chi connectivity index (χ4v) is 4.09. The predicted molar refractivity (Wildman–Crippen MR) is 146 cm³/mol. The molecule has 11 heteroatoms. The van der Waals surface area contributed by atoms with Crippen LogP contribution in [0.3, 0.4) is 0 Å². The van der Waals surface area contributed by atoms with Crippen LogP contribution in [0, 0.1) is 5.92 Å². The number of nitrogens with two attached hydrogens (primary N) is 1. The molecule has 0 unspecified atom stereocenters. The predicted octanol–water partition coefficient (Wildman–Crippen LogP) is 3.30. The van der Waals surface area contributed by atoms with Crippen LogP contribution in [0.25, 0.3) is 0 Å². The Morgan fingerprint density at radius 3 is 1.82 bits per heavy atom. The molecule has 1 amide bonds. The summed E-state index contributed by atoms with van der Waals surface area (Å²) in [6, 6.07) is -2.23. The third-order valence-electron chi connectivity index (χ3n) is 6.48. The molecule has 3 atom stereocenters. The van der Waals surface area contributed by atoms with Crippen LogP contribution in [0.5, 0.6) is 0 Å². The Bertz CT molecular complexity index is 730. The average Bonchev–Trinajstić information content (AvgIpc) is 2.92. The molecular weight excluding hydrogens is 508 g/mol. The second-order valence-corrected chi connectivity index (χ2v) is 9.91. The number of unbranched alkanes of at least 4 members (excludes halogenated alkanes) is 10. The summed E-state index contributed by atoms with van der Waals surface area (Å²) in [5, 5.41) is 12.0. The molecule has 39 heavy (non-hydrogen) atoms. The number of methoxy groups -OCH3 is 2. The number of carbonyl (C=O) groups excluding carboxylic acids is 4. The van der Waals surface area contributed by atoms with Crippen LogP contribution in [0.15, 0.2) is 0 Å². The number of ether oxygens (including phenoxy) is 3. The van der Waals surface area contributed by atoms with Crippen molar-refractivity contribution in [3.05, 3.63) is 0 Å². The zero-order valence-corrected chi connectivity index (χ0v) is 24.0. The van der Waals surface area contributed by atoms with Gasteiger partial charge in [0.15, 0.2) is 0 Å². The molecule has 0 aromatic heterocycles. The number of amides is 1. The Morgan fingerprint density at radius 1 is 0.769 bits per heavy atom. The van der Waals surface area contributed by atoms with Crippen molar-refractivity contribution in [2.24, 2.45) is 11.7 Å². The monoisotopic (exact) mass is 558 g/mol. The van der Waals surface area contributed by atoms with E-state index in [1.807, 2.05) is 0 Å². The largest absolute Gasteiger partial charge is 0.480 e. The van der Waals surface area contributed by atoms with E-state index in [4.69, 9.17) is 15.2 Å². The summed E-state index contributed by atoms with van der Waals surface area (Å²) >= 11 is 0. The van der Waals surface area contributed by atoms with Crippen molar-refractivity contribution >= 4 is 29.6 Å². The summed E-state index contributed by atoms with van der Waals surface area (Å²) < 4.78 is 14.5. The van der Waals surface area contributed by atoms with Crippen LogP contribution in [-0.4, -0.2) is 74.2 Å². The third kappa shape index (κ3) is 19.2. The lowest BCUT2D eigenvalue weighted by Gasteiger charge is -2.17. The summed E-state index contributed by atoms with van der Waals surface area (Å²) in [5.74, 6) is -4.24. The van der Waals surface area contributed by atoms with Crippen LogP contribution >= 0.6 is 0 Å². The van der Waals surface area contributed by atoms with E-state index in [2.05, 4.69) is 17.0 Å². The first kappa shape index (κ1) is 36.5. The molecule has 11 nitrogen and oxygen atoms in total. The van der Waals surface area contributed by atoms with Gasteiger partial charge < -0.3 is 30.4 Å². The van der Waals surface area contributed by atoms with E-state index in [-0.39, 0.29) is 50.6 Å². The molecule has 0 aromatic carbocycles. The molecule has 4 N–H and O–H groups in total. The van der Waals surface area contributed by atoms with E-state index in [1.54, 1.807) is 0 Å². The van der Waals surface area contributed by atoms with Gasteiger partial charge in [-0.1, -0.05) is 71.1 Å². The van der Waals surface area contributed by atoms with E-state index < -0.39 is 35.9 Å². The first-order chi connectivity index (χ1) is 18.7. The van der Waals surface area contributed by atoms with Crippen molar-refractivity contribution in [1.82, 2.24) is 5.32 Å². The maximum atomic E-state index is 12.5. The highest BCUT2D eigenvalue weighted by Gasteiger charge is 2.26. The number of hydrogen-bond donors (Lipinski definition) is 3. The van der Waals surface area contributed by atoms with Crippen LogP contribution in [-0.2, 0) is 38.2 Å². The van der Waals surface area contributed by atoms with E-state index in [9.17, 15) is 29.1 Å². The van der Waals surface area contributed by atoms with Crippen molar-refractivity contribution < 1.29 is 43.3 Å². The maximum absolute atomic E-state index is 12.5. The third-order valence-corrected chi connectivity index (χ3v) is 6.48. The molecule has 0 fully saturated rings. The smallest absolute Gasteiger partial charge is 0.326 e. The number of carbonyl (C=O) groups is 5. The van der Waals surface area contributed by atoms with Gasteiger partial charge in [0, 0.05) is 19.3 Å². The second kappa shape index (κ2) is 23.4. The number of esters is 2. The fourth-order valence-electron chi connectivity index (χ4n) is 4.09. The van der Waals surface area contributed by atoms with Gasteiger partial charge in [-0.15, -0.1) is 0 Å². The van der Waals surface area contributed by atoms with Gasteiger partial charge in [-0.05, 0) is 12.8 Å². The lowest BCUT2D eigenvalue weighted by Crippen LogP contribution is -2.41. The van der Waals surface area contributed by atoms with Crippen molar-refractivity contribution in [1.29, 1.82) is 0 Å². The van der Waals surface area contributed by atoms with Gasteiger partial charge in [-0.25, -0.2) is 4.79 Å². The van der Waals surface area contributed by atoms with Gasteiger partial charge in [-0.2, -0.15) is 0 Å². The lowest BCUT2D eigenvalue weighted by molar-refractivity contribution is -0.150. The first-order valence-electron chi connectivity index (χ1n) is 14.2. The number of Topliss-reactive ketones (excluding diaryl/α,β-unsaturated/α-hetero) is 1. The van der Waals surface area contributed by atoms with E-state index in [1.165, 1.54) is 59.2 Å². The number of nitrogens with one attached hydrogen (secondary N) is 1. The van der Waals surface area contributed by atoms with Crippen LogP contribution in [0.2, 0.25) is 0 Å². The molecule has 0 rings (SSSR count). The molecule has 0 bridgehead atoms. The number of carboxylic acid groups (broad SMARTS) is 1. The Balaban J connectivity index is 4.32. The molecule has 0 heterocycles. The average molecular weight is 559 g/mol. The molecule has 0 aromatic rings. The molecule has 0 aliphatic heterocycles. The topological polar surface area (TPSA) is 171 Å². The highest BCUT2D eigenvalue weighted by Crippen LogP contribution is 2.13. The normalized spacial score (nSPS) is 13.2. The van der Waals surface area contributed by atoms with Gasteiger partial charge in [-0.3, -0.25) is 19.2 Å². The molecule has 0 aliphatic rings. The quantitative estimate of drug-likeness (QED) is 0.111. The highest BCUT2D eigenvalue weighted by atomic mass is 16.5. The molecule has 0 spiro atoms. The van der Waals surface area contributed by atoms with Gasteiger partial charge in [0.05, 0.1) is 33.4 Å². The summed E-state index contributed by atoms with van der Waals surface area (Å²) in [5.41, 5.74) is 5.58. The number of ketones is 1. The van der Waals surface area contributed by atoms with E-state index >= 15 is 0 Å². The van der Waals surface area contributed by atoms with Gasteiger partial charge in [0.2, 0.25) is 5.91 Å². The Hall–Kier alpha value is -2.53. The summed E-state index contributed by atoms with van der Waals surface area (Å²) in [6.07, 6.45) is 12.5. The standard InChI is InChI=1S/C28H50N2O9/c1-4-5-6-7-8-9-10-11-12-13-14-15-25(32)30-24(26(33)34)17-16-22(31)18-21(27(35)37-2)19-39-20-23(29)28(36)38-3/h21,23-24H,4-20,29H2,1-3H3,(H,30,32)(H,33,34)/t21-,23+,24+/m0/s1. The Kier molecular flexibility index (Phi) is 21.8. The van der Waals surface area contributed by atoms with Crippen molar-refractivity contribution in [2.45, 2.75) is 115 Å². The second-order valence-electron chi connectivity index (χ2n) is 9.91. The molecule has 0 radical (unpaired) electrons. The van der Waals surface area contributed by atoms with E-state index in [0.29, 0.717) is 6.42 Å². The van der Waals surface area contributed by atoms with Gasteiger partial charge in [0.1, 0.15) is 17.9 Å². The first-order valence-corrected chi connectivity index (χ1v) is 14.2. The van der Waals surface area contributed by atoms with Gasteiger partial charge in [0.25, 0.3) is 0 Å². The van der Waals surface area contributed by atoms with Crippen LogP contribution in [0.1, 0.15) is 103 Å². The summed E-state index contributed by atoms with van der Waals surface area (Å²) in [4.78, 5) is 59.7. The number of hydrogen-bond acceptors (Lipinski definition) is 9. The number of rotatable bonds is 25. The lowest BCUT2D eigenvalue weighted by atomic mass is 9.99. The molecule has 226 valence electrons. The van der Waals surface area contributed by atoms with Crippen molar-refractivity contribution in [2.75, 3.05) is 27.4 Å². The van der Waals surface area contributed by atoms with Crippen LogP contribution < -0.4 is 11.1 Å². The van der Waals surface area contributed by atoms with Crippen molar-refractivity contribution in [3.8, 4) is 0 Å². The number of carboxylic acids is 1. The summed E-state index contributed by atoms with van der Waals surface area (Å²) in [7, 11) is 2.36. The minimum Gasteiger partial charge on any atom is -0.480 e. The van der Waals surface area contributed by atoms with Gasteiger partial charge >= 0.3 is 17.9 Å². The molecule has 0 saturated carbocycles. The van der Waals surface area contributed by atoms with Crippen molar-refractivity contribution in [3.63, 3.8) is 0 Å². The minimum atomic E-state index is -1.22.